The van der Waals surface area contributed by atoms with E-state index in [0.717, 1.165) is 11.3 Å². The SMILES string of the molecule is COc1cccc(NC(=O)c2cnc(Nc3cccc(C)c3)nc2)c1. The first-order valence-electron chi connectivity index (χ1n) is 7.75. The number of nitrogens with zero attached hydrogens (tertiary/aromatic N) is 2. The van der Waals surface area contributed by atoms with Gasteiger partial charge in [-0.25, -0.2) is 9.97 Å². The number of hydrogen-bond acceptors (Lipinski definition) is 5. The van der Waals surface area contributed by atoms with Crippen LogP contribution in [0.1, 0.15) is 15.9 Å². The van der Waals surface area contributed by atoms with Crippen LogP contribution in [-0.2, 0) is 0 Å². The Bertz CT molecular complexity index is 879. The average Bonchev–Trinajstić information content (AvgIpc) is 2.62. The first-order chi connectivity index (χ1) is 12.1. The lowest BCUT2D eigenvalue weighted by Gasteiger charge is -2.08. The Labute approximate surface area is 145 Å². The van der Waals surface area contributed by atoms with Crippen molar-refractivity contribution >= 4 is 23.2 Å². The van der Waals surface area contributed by atoms with Gasteiger partial charge in [0, 0.05) is 29.8 Å². The molecule has 0 spiro atoms. The van der Waals surface area contributed by atoms with Crippen LogP contribution in [0, 0.1) is 6.92 Å². The maximum Gasteiger partial charge on any atom is 0.258 e. The molecule has 0 radical (unpaired) electrons. The van der Waals surface area contributed by atoms with Gasteiger partial charge in [0.1, 0.15) is 5.75 Å². The number of methoxy groups -OCH3 is 1. The first kappa shape index (κ1) is 16.4. The molecule has 3 rings (SSSR count). The summed E-state index contributed by atoms with van der Waals surface area (Å²) in [5, 5.41) is 5.90. The van der Waals surface area contributed by atoms with Crippen LogP contribution in [0.4, 0.5) is 17.3 Å². The molecule has 1 amide bonds. The number of benzene rings is 2. The Balaban J connectivity index is 1.67. The number of hydrogen-bond donors (Lipinski definition) is 2. The predicted octanol–water partition coefficient (Wildman–Crippen LogP) is 3.79. The van der Waals surface area contributed by atoms with Gasteiger partial charge in [-0.3, -0.25) is 4.79 Å². The molecule has 2 N–H and O–H groups in total. The van der Waals surface area contributed by atoms with Gasteiger partial charge < -0.3 is 15.4 Å². The van der Waals surface area contributed by atoms with E-state index in [0.29, 0.717) is 22.9 Å². The third-order valence-corrected chi connectivity index (χ3v) is 3.52. The zero-order chi connectivity index (χ0) is 17.6. The van der Waals surface area contributed by atoms with Gasteiger partial charge in [0.15, 0.2) is 0 Å². The molecular weight excluding hydrogens is 316 g/mol. The number of nitrogens with one attached hydrogen (secondary N) is 2. The summed E-state index contributed by atoms with van der Waals surface area (Å²) in [4.78, 5) is 20.7. The number of carbonyl (C=O) groups is 1. The summed E-state index contributed by atoms with van der Waals surface area (Å²) < 4.78 is 5.14. The largest absolute Gasteiger partial charge is 0.497 e. The summed E-state index contributed by atoms with van der Waals surface area (Å²) in [6, 6.07) is 15.0. The lowest BCUT2D eigenvalue weighted by molar-refractivity contribution is 0.102. The average molecular weight is 334 g/mol. The van der Waals surface area contributed by atoms with Gasteiger partial charge in [0.2, 0.25) is 5.95 Å². The van der Waals surface area contributed by atoms with E-state index in [1.54, 1.807) is 25.3 Å². The highest BCUT2D eigenvalue weighted by Gasteiger charge is 2.08. The van der Waals surface area contributed by atoms with Gasteiger partial charge in [0.05, 0.1) is 12.7 Å². The molecular formula is C19H18N4O2. The Kier molecular flexibility index (Phi) is 4.89. The van der Waals surface area contributed by atoms with Gasteiger partial charge in [-0.15, -0.1) is 0 Å². The Morgan fingerprint density at radius 2 is 1.72 bits per heavy atom. The van der Waals surface area contributed by atoms with Gasteiger partial charge in [0.25, 0.3) is 5.91 Å². The molecule has 25 heavy (non-hydrogen) atoms. The van der Waals surface area contributed by atoms with Crippen molar-refractivity contribution in [2.24, 2.45) is 0 Å². The van der Waals surface area contributed by atoms with E-state index in [4.69, 9.17) is 4.74 Å². The molecule has 6 heteroatoms. The first-order valence-corrected chi connectivity index (χ1v) is 7.75. The van der Waals surface area contributed by atoms with Crippen molar-refractivity contribution < 1.29 is 9.53 Å². The van der Waals surface area contributed by atoms with Crippen LogP contribution >= 0.6 is 0 Å². The molecule has 0 aliphatic heterocycles. The second kappa shape index (κ2) is 7.44. The van der Waals surface area contributed by atoms with Crippen LogP contribution in [0.3, 0.4) is 0 Å². The Hall–Kier alpha value is -3.41. The summed E-state index contributed by atoms with van der Waals surface area (Å²) in [6.07, 6.45) is 2.97. The number of aromatic nitrogens is 2. The van der Waals surface area contributed by atoms with Crippen LogP contribution in [0.5, 0.6) is 5.75 Å². The van der Waals surface area contributed by atoms with Gasteiger partial charge in [-0.05, 0) is 36.8 Å². The van der Waals surface area contributed by atoms with Crippen molar-refractivity contribution in [1.29, 1.82) is 0 Å². The maximum atomic E-state index is 12.3. The molecule has 0 aliphatic carbocycles. The highest BCUT2D eigenvalue weighted by Crippen LogP contribution is 2.18. The molecule has 2 aromatic carbocycles. The standard InChI is InChI=1S/C19H18N4O2/c1-13-5-3-6-15(9-13)23-19-20-11-14(12-21-19)18(24)22-16-7-4-8-17(10-16)25-2/h3-12H,1-2H3,(H,22,24)(H,20,21,23). The van der Waals surface area contributed by atoms with E-state index in [1.807, 2.05) is 37.3 Å². The second-order valence-corrected chi connectivity index (χ2v) is 5.48. The minimum atomic E-state index is -0.282. The summed E-state index contributed by atoms with van der Waals surface area (Å²) in [7, 11) is 1.58. The van der Waals surface area contributed by atoms with E-state index in [1.165, 1.54) is 12.4 Å². The lowest BCUT2D eigenvalue weighted by atomic mass is 10.2. The molecule has 3 aromatic rings. The van der Waals surface area contributed by atoms with Crippen LogP contribution < -0.4 is 15.4 Å². The molecule has 0 unspecified atom stereocenters. The van der Waals surface area contributed by atoms with Crippen LogP contribution in [0.15, 0.2) is 60.9 Å². The highest BCUT2D eigenvalue weighted by molar-refractivity contribution is 6.04. The zero-order valence-corrected chi connectivity index (χ0v) is 14.0. The van der Waals surface area contributed by atoms with Crippen molar-refractivity contribution in [2.45, 2.75) is 6.92 Å². The van der Waals surface area contributed by atoms with Crippen LogP contribution in [0.2, 0.25) is 0 Å². The fourth-order valence-corrected chi connectivity index (χ4v) is 2.27. The summed E-state index contributed by atoms with van der Waals surface area (Å²) in [6.45, 7) is 2.01. The van der Waals surface area contributed by atoms with Crippen molar-refractivity contribution in [3.05, 3.63) is 72.1 Å². The molecule has 0 saturated heterocycles. The van der Waals surface area contributed by atoms with Crippen molar-refractivity contribution in [3.63, 3.8) is 0 Å². The Morgan fingerprint density at radius 1 is 1.00 bits per heavy atom. The number of rotatable bonds is 5. The normalized spacial score (nSPS) is 10.2. The zero-order valence-electron chi connectivity index (χ0n) is 14.0. The molecule has 0 atom stereocenters. The molecule has 6 nitrogen and oxygen atoms in total. The van der Waals surface area contributed by atoms with Gasteiger partial charge in [-0.1, -0.05) is 18.2 Å². The van der Waals surface area contributed by atoms with Crippen LogP contribution in [0.25, 0.3) is 0 Å². The third-order valence-electron chi connectivity index (χ3n) is 3.52. The maximum absolute atomic E-state index is 12.3. The highest BCUT2D eigenvalue weighted by atomic mass is 16.5. The summed E-state index contributed by atoms with van der Waals surface area (Å²) in [5.41, 5.74) is 3.05. The smallest absolute Gasteiger partial charge is 0.258 e. The molecule has 0 bridgehead atoms. The number of carbonyl (C=O) groups excluding carboxylic acids is 1. The van der Waals surface area contributed by atoms with Crippen molar-refractivity contribution in [3.8, 4) is 5.75 Å². The third kappa shape index (κ3) is 4.32. The topological polar surface area (TPSA) is 76.1 Å². The van der Waals surface area contributed by atoms with E-state index in [2.05, 4.69) is 20.6 Å². The van der Waals surface area contributed by atoms with Gasteiger partial charge >= 0.3 is 0 Å². The molecule has 0 aliphatic rings. The van der Waals surface area contributed by atoms with E-state index in [-0.39, 0.29) is 5.91 Å². The van der Waals surface area contributed by atoms with Gasteiger partial charge in [-0.2, -0.15) is 0 Å². The van der Waals surface area contributed by atoms with E-state index < -0.39 is 0 Å². The monoisotopic (exact) mass is 334 g/mol. The molecule has 1 aromatic heterocycles. The van der Waals surface area contributed by atoms with Crippen LogP contribution in [-0.4, -0.2) is 23.0 Å². The summed E-state index contributed by atoms with van der Waals surface area (Å²) in [5.74, 6) is 0.825. The summed E-state index contributed by atoms with van der Waals surface area (Å²) >= 11 is 0. The number of amides is 1. The minimum Gasteiger partial charge on any atom is -0.497 e. The van der Waals surface area contributed by atoms with Crippen molar-refractivity contribution in [2.75, 3.05) is 17.7 Å². The van der Waals surface area contributed by atoms with E-state index in [9.17, 15) is 4.79 Å². The second-order valence-electron chi connectivity index (χ2n) is 5.48. The predicted molar refractivity (Wildman–Crippen MR) is 97.4 cm³/mol. The minimum absolute atomic E-state index is 0.282. The Morgan fingerprint density at radius 3 is 2.44 bits per heavy atom. The number of ether oxygens (including phenoxy) is 1. The number of anilines is 3. The number of aryl methyl sites for hydroxylation is 1. The molecule has 0 saturated carbocycles. The molecule has 1 heterocycles. The fraction of sp³-hybridized carbons (Fsp3) is 0.105. The van der Waals surface area contributed by atoms with E-state index >= 15 is 0 Å². The lowest BCUT2D eigenvalue weighted by Crippen LogP contribution is -2.13. The fourth-order valence-electron chi connectivity index (χ4n) is 2.27. The quantitative estimate of drug-likeness (QED) is 0.742. The molecule has 0 fully saturated rings. The van der Waals surface area contributed by atoms with Crippen molar-refractivity contribution in [1.82, 2.24) is 9.97 Å². The molecule has 126 valence electrons.